The van der Waals surface area contributed by atoms with Crippen LogP contribution in [0.1, 0.15) is 37.3 Å². The average molecular weight is 627 g/mol. The Labute approximate surface area is 254 Å². The van der Waals surface area contributed by atoms with Crippen molar-refractivity contribution in [3.05, 3.63) is 137 Å². The molecule has 0 fully saturated rings. The number of halogens is 8. The lowest BCUT2D eigenvalue weighted by molar-refractivity contribution is -0.189. The molecular formula is C36H26F8O. The van der Waals surface area contributed by atoms with Gasteiger partial charge in [-0.05, 0) is 64.4 Å². The number of hydrogen-bond acceptors (Lipinski definition) is 1. The van der Waals surface area contributed by atoms with Gasteiger partial charge in [-0.15, -0.1) is 0 Å². The van der Waals surface area contributed by atoms with Crippen LogP contribution in [0.5, 0.6) is 5.75 Å². The fraction of sp³-hybridized carbons (Fsp3) is 0.167. The van der Waals surface area contributed by atoms with E-state index in [-0.39, 0.29) is 23.3 Å². The maximum atomic E-state index is 15.2. The second-order valence-corrected chi connectivity index (χ2v) is 10.6. The third-order valence-electron chi connectivity index (χ3n) is 7.39. The molecule has 1 nitrogen and oxygen atoms in total. The van der Waals surface area contributed by atoms with E-state index in [0.717, 1.165) is 31.2 Å². The van der Waals surface area contributed by atoms with Gasteiger partial charge in [-0.3, -0.25) is 0 Å². The van der Waals surface area contributed by atoms with Gasteiger partial charge < -0.3 is 4.74 Å². The summed E-state index contributed by atoms with van der Waals surface area (Å²) in [5, 5.41) is 0. The molecule has 0 bridgehead atoms. The first-order valence-corrected chi connectivity index (χ1v) is 14.2. The SMILES string of the molecule is CCCCCc1ccc(-c2ccc(-c3ccc(-c4cc(F)c(C(F)(F)Oc5cc(F)c(F)c(F)c5)c(F)c4)cc3)c(F)c2)cc1. The zero-order chi connectivity index (χ0) is 32.3. The summed E-state index contributed by atoms with van der Waals surface area (Å²) >= 11 is 0. The molecule has 0 atom stereocenters. The first-order chi connectivity index (χ1) is 21.5. The summed E-state index contributed by atoms with van der Waals surface area (Å²) in [6.07, 6.45) is -0.288. The van der Waals surface area contributed by atoms with E-state index in [9.17, 15) is 30.7 Å². The molecule has 0 aliphatic heterocycles. The maximum Gasteiger partial charge on any atom is 0.432 e. The molecular weight excluding hydrogens is 600 g/mol. The summed E-state index contributed by atoms with van der Waals surface area (Å²) < 4.78 is 118. The Morgan fingerprint density at radius 1 is 0.533 bits per heavy atom. The molecule has 45 heavy (non-hydrogen) atoms. The molecule has 5 aromatic carbocycles. The molecule has 0 heterocycles. The summed E-state index contributed by atoms with van der Waals surface area (Å²) in [4.78, 5) is 0. The Morgan fingerprint density at radius 2 is 1.04 bits per heavy atom. The van der Waals surface area contributed by atoms with Crippen LogP contribution in [0, 0.1) is 34.9 Å². The summed E-state index contributed by atoms with van der Waals surface area (Å²) in [5.74, 6) is -10.6. The van der Waals surface area contributed by atoms with Crippen molar-refractivity contribution in [2.24, 2.45) is 0 Å². The standard InChI is InChI=1S/C36H26F8O/c1-2-3-4-5-21-6-8-22(9-7-21)25-14-15-28(29(37)16-25)24-12-10-23(11-13-24)26-17-30(38)34(31(39)18-26)36(43,44)45-27-19-32(40)35(42)33(41)20-27/h6-20H,2-5H2,1H3. The van der Waals surface area contributed by atoms with Crippen LogP contribution in [0.2, 0.25) is 0 Å². The predicted molar refractivity (Wildman–Crippen MR) is 157 cm³/mol. The molecule has 0 saturated heterocycles. The highest BCUT2D eigenvalue weighted by Gasteiger charge is 2.41. The van der Waals surface area contributed by atoms with Crippen molar-refractivity contribution in [3.8, 4) is 39.1 Å². The lowest BCUT2D eigenvalue weighted by Gasteiger charge is -2.20. The van der Waals surface area contributed by atoms with Crippen LogP contribution < -0.4 is 4.74 Å². The van der Waals surface area contributed by atoms with E-state index in [0.29, 0.717) is 28.8 Å². The number of hydrogen-bond donors (Lipinski definition) is 0. The van der Waals surface area contributed by atoms with Gasteiger partial charge in [-0.25, -0.2) is 26.3 Å². The highest BCUT2D eigenvalue weighted by atomic mass is 19.3. The molecule has 232 valence electrons. The Morgan fingerprint density at radius 3 is 1.62 bits per heavy atom. The van der Waals surface area contributed by atoms with Crippen LogP contribution in [-0.2, 0) is 12.5 Å². The third kappa shape index (κ3) is 7.03. The van der Waals surface area contributed by atoms with E-state index in [1.54, 1.807) is 12.1 Å². The first-order valence-electron chi connectivity index (χ1n) is 14.2. The van der Waals surface area contributed by atoms with E-state index in [1.807, 2.05) is 24.3 Å². The van der Waals surface area contributed by atoms with E-state index >= 15 is 4.39 Å². The predicted octanol–water partition coefficient (Wildman–Crippen LogP) is 11.4. The van der Waals surface area contributed by atoms with Crippen LogP contribution >= 0.6 is 0 Å². The van der Waals surface area contributed by atoms with E-state index in [2.05, 4.69) is 11.7 Å². The Hall–Kier alpha value is -4.66. The maximum absolute atomic E-state index is 15.2. The number of unbranched alkanes of at least 4 members (excludes halogenated alkanes) is 2. The normalized spacial score (nSPS) is 11.6. The summed E-state index contributed by atoms with van der Waals surface area (Å²) in [5.41, 5.74) is 1.89. The second-order valence-electron chi connectivity index (χ2n) is 10.6. The van der Waals surface area contributed by atoms with Gasteiger partial charge in [0.2, 0.25) is 0 Å². The Bertz CT molecular complexity index is 1770. The molecule has 0 aliphatic rings. The smallest absolute Gasteiger partial charge is 0.429 e. The van der Waals surface area contributed by atoms with Crippen LogP contribution in [0.25, 0.3) is 33.4 Å². The van der Waals surface area contributed by atoms with Crippen molar-refractivity contribution in [3.63, 3.8) is 0 Å². The minimum absolute atomic E-state index is 0.107. The van der Waals surface area contributed by atoms with Crippen molar-refractivity contribution >= 4 is 0 Å². The minimum atomic E-state index is -4.70. The summed E-state index contributed by atoms with van der Waals surface area (Å²) in [7, 11) is 0. The number of ether oxygens (including phenoxy) is 1. The molecule has 0 saturated carbocycles. The topological polar surface area (TPSA) is 9.23 Å². The van der Waals surface area contributed by atoms with E-state index in [1.165, 1.54) is 35.9 Å². The van der Waals surface area contributed by atoms with Crippen LogP contribution in [-0.4, -0.2) is 0 Å². The van der Waals surface area contributed by atoms with Crippen LogP contribution in [0.3, 0.4) is 0 Å². The third-order valence-corrected chi connectivity index (χ3v) is 7.39. The van der Waals surface area contributed by atoms with E-state index in [4.69, 9.17) is 0 Å². The van der Waals surface area contributed by atoms with Gasteiger partial charge >= 0.3 is 6.11 Å². The van der Waals surface area contributed by atoms with Gasteiger partial charge in [0.1, 0.15) is 28.8 Å². The highest BCUT2D eigenvalue weighted by Crippen LogP contribution is 2.38. The molecule has 9 heteroatoms. The summed E-state index contributed by atoms with van der Waals surface area (Å²) in [6, 6.07) is 20.3. The fourth-order valence-electron chi connectivity index (χ4n) is 5.02. The quantitative estimate of drug-likeness (QED) is 0.0852. The van der Waals surface area contributed by atoms with Crippen LogP contribution in [0.15, 0.2) is 91.0 Å². The van der Waals surface area contributed by atoms with Crippen molar-refractivity contribution in [2.75, 3.05) is 0 Å². The van der Waals surface area contributed by atoms with Crippen molar-refractivity contribution in [2.45, 2.75) is 38.7 Å². The van der Waals surface area contributed by atoms with E-state index < -0.39 is 52.3 Å². The van der Waals surface area contributed by atoms with Gasteiger partial charge in [0.05, 0.1) is 0 Å². The Balaban J connectivity index is 1.34. The van der Waals surface area contributed by atoms with Crippen LogP contribution in [0.4, 0.5) is 35.1 Å². The second kappa shape index (κ2) is 13.1. The Kier molecular flexibility index (Phi) is 9.27. The van der Waals surface area contributed by atoms with Gasteiger partial charge in [-0.1, -0.05) is 80.4 Å². The monoisotopic (exact) mass is 626 g/mol. The van der Waals surface area contributed by atoms with Crippen molar-refractivity contribution < 1.29 is 39.9 Å². The summed E-state index contributed by atoms with van der Waals surface area (Å²) in [6.45, 7) is 2.15. The number of alkyl halides is 2. The highest BCUT2D eigenvalue weighted by molar-refractivity contribution is 5.74. The zero-order valence-corrected chi connectivity index (χ0v) is 23.9. The lowest BCUT2D eigenvalue weighted by atomic mass is 9.96. The molecule has 0 aromatic heterocycles. The molecule has 0 radical (unpaired) electrons. The molecule has 5 aromatic rings. The van der Waals surface area contributed by atoms with Gasteiger partial charge in [-0.2, -0.15) is 8.78 Å². The number of benzene rings is 5. The molecule has 0 unspecified atom stereocenters. The lowest BCUT2D eigenvalue weighted by Crippen LogP contribution is -2.25. The average Bonchev–Trinajstić information content (AvgIpc) is 2.99. The van der Waals surface area contributed by atoms with Crippen molar-refractivity contribution in [1.29, 1.82) is 0 Å². The molecule has 0 amide bonds. The molecule has 0 spiro atoms. The largest absolute Gasteiger partial charge is 0.432 e. The zero-order valence-electron chi connectivity index (χ0n) is 23.9. The van der Waals surface area contributed by atoms with Crippen molar-refractivity contribution in [1.82, 2.24) is 0 Å². The van der Waals surface area contributed by atoms with Gasteiger partial charge in [0.15, 0.2) is 17.5 Å². The number of aryl methyl sites for hydroxylation is 1. The van der Waals surface area contributed by atoms with Gasteiger partial charge in [0, 0.05) is 17.7 Å². The first kappa shape index (κ1) is 31.8. The molecule has 0 aliphatic carbocycles. The minimum Gasteiger partial charge on any atom is -0.429 e. The number of rotatable bonds is 10. The van der Waals surface area contributed by atoms with Gasteiger partial charge in [0.25, 0.3) is 0 Å². The fourth-order valence-corrected chi connectivity index (χ4v) is 5.02. The molecule has 0 N–H and O–H groups in total. The molecule has 5 rings (SSSR count).